The topological polar surface area (TPSA) is 111 Å². The molecule has 0 saturated carbocycles. The summed E-state index contributed by atoms with van der Waals surface area (Å²) in [6, 6.07) is 9.16. The minimum absolute atomic E-state index is 0.0595. The first-order chi connectivity index (χ1) is 12.4. The molecule has 2 rings (SSSR count). The normalized spacial score (nSPS) is 11.5. The zero-order valence-corrected chi connectivity index (χ0v) is 14.7. The second kappa shape index (κ2) is 8.30. The molecule has 0 heterocycles. The SMILES string of the molecule is COc1ccc(C(O)CNC(=O)c2ccc(C)c([N+](=O)[O-])c2)cc1OC. The molecule has 26 heavy (non-hydrogen) atoms. The first kappa shape index (κ1) is 19.2. The van der Waals surface area contributed by atoms with Gasteiger partial charge in [-0.15, -0.1) is 0 Å². The Hall–Kier alpha value is -3.13. The van der Waals surface area contributed by atoms with Crippen LogP contribution < -0.4 is 14.8 Å². The maximum Gasteiger partial charge on any atom is 0.273 e. The number of aliphatic hydroxyl groups is 1. The number of aryl methyl sites for hydroxylation is 1. The van der Waals surface area contributed by atoms with Crippen molar-refractivity contribution in [3.05, 3.63) is 63.2 Å². The first-order valence-corrected chi connectivity index (χ1v) is 7.80. The summed E-state index contributed by atoms with van der Waals surface area (Å²) in [4.78, 5) is 22.6. The predicted octanol–water partition coefficient (Wildman–Crippen LogP) is 2.38. The van der Waals surface area contributed by atoms with Crippen LogP contribution in [0.3, 0.4) is 0 Å². The average Bonchev–Trinajstić information content (AvgIpc) is 2.65. The van der Waals surface area contributed by atoms with Crippen molar-refractivity contribution in [1.29, 1.82) is 0 Å². The number of amides is 1. The van der Waals surface area contributed by atoms with Gasteiger partial charge < -0.3 is 19.9 Å². The molecule has 0 aliphatic heterocycles. The maximum absolute atomic E-state index is 12.2. The number of nitro benzene ring substituents is 1. The number of rotatable bonds is 7. The van der Waals surface area contributed by atoms with Crippen LogP contribution in [-0.2, 0) is 0 Å². The van der Waals surface area contributed by atoms with Crippen molar-refractivity contribution < 1.29 is 24.3 Å². The van der Waals surface area contributed by atoms with Gasteiger partial charge in [0.25, 0.3) is 11.6 Å². The highest BCUT2D eigenvalue weighted by Crippen LogP contribution is 2.29. The van der Waals surface area contributed by atoms with E-state index < -0.39 is 16.9 Å². The van der Waals surface area contributed by atoms with Crippen LogP contribution in [0.2, 0.25) is 0 Å². The number of methoxy groups -OCH3 is 2. The van der Waals surface area contributed by atoms with Crippen LogP contribution in [-0.4, -0.2) is 36.7 Å². The fourth-order valence-corrected chi connectivity index (χ4v) is 2.42. The van der Waals surface area contributed by atoms with Gasteiger partial charge in [0.2, 0.25) is 0 Å². The number of aliphatic hydroxyl groups excluding tert-OH is 1. The fraction of sp³-hybridized carbons (Fsp3) is 0.278. The van der Waals surface area contributed by atoms with Crippen LogP contribution in [0.5, 0.6) is 11.5 Å². The number of carbonyl (C=O) groups is 1. The van der Waals surface area contributed by atoms with E-state index >= 15 is 0 Å². The van der Waals surface area contributed by atoms with E-state index in [0.29, 0.717) is 22.6 Å². The van der Waals surface area contributed by atoms with Gasteiger partial charge in [-0.1, -0.05) is 12.1 Å². The Bertz CT molecular complexity index is 821. The largest absolute Gasteiger partial charge is 0.493 e. The van der Waals surface area contributed by atoms with Gasteiger partial charge in [-0.25, -0.2) is 0 Å². The lowest BCUT2D eigenvalue weighted by molar-refractivity contribution is -0.385. The molecule has 2 aromatic carbocycles. The highest BCUT2D eigenvalue weighted by atomic mass is 16.6. The van der Waals surface area contributed by atoms with Crippen molar-refractivity contribution >= 4 is 11.6 Å². The van der Waals surface area contributed by atoms with E-state index in [4.69, 9.17) is 9.47 Å². The number of nitrogens with zero attached hydrogens (tertiary/aromatic N) is 1. The van der Waals surface area contributed by atoms with Crippen molar-refractivity contribution in [2.75, 3.05) is 20.8 Å². The number of hydrogen-bond acceptors (Lipinski definition) is 6. The average molecular weight is 360 g/mol. The molecule has 8 nitrogen and oxygen atoms in total. The molecule has 8 heteroatoms. The Morgan fingerprint density at radius 2 is 1.88 bits per heavy atom. The summed E-state index contributed by atoms with van der Waals surface area (Å²) in [5, 5.41) is 23.8. The fourth-order valence-electron chi connectivity index (χ4n) is 2.42. The van der Waals surface area contributed by atoms with E-state index in [-0.39, 0.29) is 17.8 Å². The molecule has 0 bridgehead atoms. The van der Waals surface area contributed by atoms with Crippen molar-refractivity contribution in [2.24, 2.45) is 0 Å². The Morgan fingerprint density at radius 3 is 2.50 bits per heavy atom. The van der Waals surface area contributed by atoms with E-state index in [9.17, 15) is 20.0 Å². The summed E-state index contributed by atoms with van der Waals surface area (Å²) in [5.74, 6) is 0.483. The number of carbonyl (C=O) groups excluding carboxylic acids is 1. The summed E-state index contributed by atoms with van der Waals surface area (Å²) < 4.78 is 10.3. The van der Waals surface area contributed by atoms with Gasteiger partial charge in [0.05, 0.1) is 25.2 Å². The molecule has 0 fully saturated rings. The quantitative estimate of drug-likeness (QED) is 0.579. The maximum atomic E-state index is 12.2. The van der Waals surface area contributed by atoms with Gasteiger partial charge in [-0.3, -0.25) is 14.9 Å². The number of ether oxygens (including phenoxy) is 2. The van der Waals surface area contributed by atoms with Crippen LogP contribution in [0, 0.1) is 17.0 Å². The number of hydrogen-bond donors (Lipinski definition) is 2. The monoisotopic (exact) mass is 360 g/mol. The van der Waals surface area contributed by atoms with E-state index in [0.717, 1.165) is 0 Å². The van der Waals surface area contributed by atoms with Gasteiger partial charge in [-0.05, 0) is 30.7 Å². The molecule has 2 N–H and O–H groups in total. The minimum Gasteiger partial charge on any atom is -0.493 e. The summed E-state index contributed by atoms with van der Waals surface area (Å²) in [6.45, 7) is 1.54. The lowest BCUT2D eigenvalue weighted by Gasteiger charge is -2.15. The summed E-state index contributed by atoms with van der Waals surface area (Å²) in [5.41, 5.74) is 1.04. The van der Waals surface area contributed by atoms with Crippen molar-refractivity contribution in [3.8, 4) is 11.5 Å². The second-order valence-corrected chi connectivity index (χ2v) is 5.60. The van der Waals surface area contributed by atoms with E-state index in [1.165, 1.54) is 32.4 Å². The van der Waals surface area contributed by atoms with Crippen LogP contribution in [0.4, 0.5) is 5.69 Å². The van der Waals surface area contributed by atoms with Crippen molar-refractivity contribution in [1.82, 2.24) is 5.32 Å². The summed E-state index contributed by atoms with van der Waals surface area (Å²) >= 11 is 0. The Morgan fingerprint density at radius 1 is 1.19 bits per heavy atom. The third kappa shape index (κ3) is 4.28. The summed E-state index contributed by atoms with van der Waals surface area (Å²) in [6.07, 6.45) is -0.973. The van der Waals surface area contributed by atoms with E-state index in [1.54, 1.807) is 25.1 Å². The van der Waals surface area contributed by atoms with Crippen molar-refractivity contribution in [2.45, 2.75) is 13.0 Å². The minimum atomic E-state index is -0.973. The molecular formula is C18H20N2O6. The zero-order chi connectivity index (χ0) is 19.3. The van der Waals surface area contributed by atoms with Crippen LogP contribution in [0.25, 0.3) is 0 Å². The van der Waals surface area contributed by atoms with Crippen LogP contribution in [0.1, 0.15) is 27.6 Å². The Kier molecular flexibility index (Phi) is 6.13. The Labute approximate surface area is 150 Å². The van der Waals surface area contributed by atoms with Gasteiger partial charge in [0.1, 0.15) is 0 Å². The molecule has 0 aliphatic carbocycles. The van der Waals surface area contributed by atoms with Gasteiger partial charge in [-0.2, -0.15) is 0 Å². The molecule has 0 aliphatic rings. The Balaban J connectivity index is 2.07. The second-order valence-electron chi connectivity index (χ2n) is 5.60. The lowest BCUT2D eigenvalue weighted by Crippen LogP contribution is -2.28. The smallest absolute Gasteiger partial charge is 0.273 e. The molecule has 0 saturated heterocycles. The van der Waals surface area contributed by atoms with Gasteiger partial charge in [0, 0.05) is 23.7 Å². The van der Waals surface area contributed by atoms with E-state index in [2.05, 4.69) is 5.32 Å². The highest BCUT2D eigenvalue weighted by molar-refractivity contribution is 5.95. The predicted molar refractivity (Wildman–Crippen MR) is 94.7 cm³/mol. The third-order valence-electron chi connectivity index (χ3n) is 3.92. The number of nitro groups is 1. The molecular weight excluding hydrogens is 340 g/mol. The van der Waals surface area contributed by atoms with E-state index in [1.807, 2.05) is 0 Å². The molecule has 2 aromatic rings. The third-order valence-corrected chi connectivity index (χ3v) is 3.92. The van der Waals surface area contributed by atoms with Gasteiger partial charge >= 0.3 is 0 Å². The van der Waals surface area contributed by atoms with Crippen LogP contribution in [0.15, 0.2) is 36.4 Å². The molecule has 1 unspecified atom stereocenters. The van der Waals surface area contributed by atoms with Crippen molar-refractivity contribution in [3.63, 3.8) is 0 Å². The number of benzene rings is 2. The number of nitrogens with one attached hydrogen (secondary N) is 1. The van der Waals surface area contributed by atoms with Crippen LogP contribution >= 0.6 is 0 Å². The summed E-state index contributed by atoms with van der Waals surface area (Å²) in [7, 11) is 3.00. The zero-order valence-electron chi connectivity index (χ0n) is 14.7. The molecule has 0 aromatic heterocycles. The molecule has 0 radical (unpaired) electrons. The molecule has 0 spiro atoms. The molecule has 1 atom stereocenters. The highest BCUT2D eigenvalue weighted by Gasteiger charge is 2.17. The molecule has 138 valence electrons. The first-order valence-electron chi connectivity index (χ1n) is 7.80. The standard InChI is InChI=1S/C18H20N2O6/c1-11-4-5-13(8-14(11)20(23)24)18(22)19-10-15(21)12-6-7-16(25-2)17(9-12)26-3/h4-9,15,21H,10H2,1-3H3,(H,19,22). The van der Waals surface area contributed by atoms with Gasteiger partial charge in [0.15, 0.2) is 11.5 Å². The molecule has 1 amide bonds. The lowest BCUT2D eigenvalue weighted by atomic mass is 10.1.